The molecule has 2 rings (SSSR count). The molecule has 18 heavy (non-hydrogen) atoms. The van der Waals surface area contributed by atoms with E-state index in [1.165, 1.54) is 11.8 Å². The first-order valence-electron chi connectivity index (χ1n) is 5.92. The average molecular weight is 261 g/mol. The van der Waals surface area contributed by atoms with Crippen molar-refractivity contribution in [1.82, 2.24) is 15.2 Å². The van der Waals surface area contributed by atoms with E-state index in [2.05, 4.69) is 29.0 Å². The number of benzene rings is 1. The third kappa shape index (κ3) is 2.98. The molecule has 0 aliphatic rings. The first kappa shape index (κ1) is 12.8. The third-order valence-corrected chi connectivity index (χ3v) is 3.40. The summed E-state index contributed by atoms with van der Waals surface area (Å²) in [4.78, 5) is 5.49. The largest absolute Gasteiger partial charge is 0.508 e. The Kier molecular flexibility index (Phi) is 4.15. The molecule has 0 bridgehead atoms. The predicted molar refractivity (Wildman–Crippen MR) is 70.8 cm³/mol. The molecule has 4 nitrogen and oxygen atoms in total. The molecule has 0 radical (unpaired) electrons. The summed E-state index contributed by atoms with van der Waals surface area (Å²) in [5.74, 6) is 0.258. The molecule has 94 valence electrons. The summed E-state index contributed by atoms with van der Waals surface area (Å²) in [6.07, 6.45) is 1.72. The fourth-order valence-corrected chi connectivity index (χ4v) is 2.30. The quantitative estimate of drug-likeness (QED) is 0.917. The Morgan fingerprint density at radius 3 is 2.28 bits per heavy atom. The zero-order valence-corrected chi connectivity index (χ0v) is 11.2. The van der Waals surface area contributed by atoms with Crippen LogP contribution in [0.3, 0.4) is 0 Å². The van der Waals surface area contributed by atoms with E-state index in [0.29, 0.717) is 5.16 Å². The van der Waals surface area contributed by atoms with Crippen LogP contribution in [0.25, 0.3) is 0 Å². The summed E-state index contributed by atoms with van der Waals surface area (Å²) in [5, 5.41) is 18.2. The molecule has 0 amide bonds. The van der Waals surface area contributed by atoms with Crippen LogP contribution >= 0.6 is 11.8 Å². The van der Waals surface area contributed by atoms with Crippen LogP contribution in [0.1, 0.15) is 25.2 Å². The van der Waals surface area contributed by atoms with Crippen molar-refractivity contribution in [3.8, 4) is 5.75 Å². The standard InChI is InChI=1S/C13H15N3OS/c1-3-11-12(4-2)15-16-13(14-11)18-10-7-5-9(17)6-8-10/h5-8,17H,3-4H2,1-2H3. The van der Waals surface area contributed by atoms with E-state index in [0.717, 1.165) is 29.1 Å². The maximum atomic E-state index is 9.22. The number of hydrogen-bond donors (Lipinski definition) is 1. The molecule has 0 saturated carbocycles. The molecule has 1 heterocycles. The number of aryl methyl sites for hydroxylation is 2. The Bertz CT molecular complexity index is 528. The number of phenolic OH excluding ortho intramolecular Hbond substituents is 1. The van der Waals surface area contributed by atoms with Crippen molar-refractivity contribution in [2.75, 3.05) is 0 Å². The lowest BCUT2D eigenvalue weighted by molar-refractivity contribution is 0.475. The molecule has 0 aliphatic carbocycles. The van der Waals surface area contributed by atoms with E-state index in [1.807, 2.05) is 12.1 Å². The summed E-state index contributed by atoms with van der Waals surface area (Å²) in [5.41, 5.74) is 1.97. The van der Waals surface area contributed by atoms with E-state index in [1.54, 1.807) is 12.1 Å². The van der Waals surface area contributed by atoms with Gasteiger partial charge in [0.1, 0.15) is 5.75 Å². The fraction of sp³-hybridized carbons (Fsp3) is 0.308. The maximum absolute atomic E-state index is 9.22. The summed E-state index contributed by atoms with van der Waals surface area (Å²) < 4.78 is 0. The molecule has 1 N–H and O–H groups in total. The monoisotopic (exact) mass is 261 g/mol. The summed E-state index contributed by atoms with van der Waals surface area (Å²) in [6, 6.07) is 6.97. The average Bonchev–Trinajstić information content (AvgIpc) is 2.41. The van der Waals surface area contributed by atoms with Gasteiger partial charge in [-0.2, -0.15) is 5.10 Å². The van der Waals surface area contributed by atoms with Gasteiger partial charge in [-0.05, 0) is 48.9 Å². The van der Waals surface area contributed by atoms with Crippen molar-refractivity contribution in [3.63, 3.8) is 0 Å². The van der Waals surface area contributed by atoms with Crippen LogP contribution in [0.4, 0.5) is 0 Å². The Hall–Kier alpha value is -1.62. The first-order chi connectivity index (χ1) is 8.72. The lowest BCUT2D eigenvalue weighted by atomic mass is 10.2. The number of rotatable bonds is 4. The number of aromatic nitrogens is 3. The van der Waals surface area contributed by atoms with Crippen LogP contribution in [0, 0.1) is 0 Å². The van der Waals surface area contributed by atoms with Gasteiger partial charge >= 0.3 is 0 Å². The van der Waals surface area contributed by atoms with Crippen LogP contribution in [0.5, 0.6) is 5.75 Å². The zero-order valence-electron chi connectivity index (χ0n) is 10.4. The second-order valence-electron chi connectivity index (χ2n) is 3.79. The minimum atomic E-state index is 0.258. The second kappa shape index (κ2) is 5.82. The second-order valence-corrected chi connectivity index (χ2v) is 4.83. The van der Waals surface area contributed by atoms with Crippen molar-refractivity contribution in [2.45, 2.75) is 36.7 Å². The predicted octanol–water partition coefficient (Wildman–Crippen LogP) is 2.85. The zero-order chi connectivity index (χ0) is 13.0. The molecule has 0 fully saturated rings. The van der Waals surface area contributed by atoms with Crippen molar-refractivity contribution in [3.05, 3.63) is 35.7 Å². The molecule has 0 unspecified atom stereocenters. The Morgan fingerprint density at radius 1 is 1.00 bits per heavy atom. The highest BCUT2D eigenvalue weighted by Gasteiger charge is 2.07. The molecule has 2 aromatic rings. The van der Waals surface area contributed by atoms with Gasteiger partial charge in [0.25, 0.3) is 0 Å². The molecule has 5 heteroatoms. The van der Waals surface area contributed by atoms with Gasteiger partial charge in [-0.3, -0.25) is 0 Å². The van der Waals surface area contributed by atoms with Gasteiger partial charge in [-0.25, -0.2) is 4.98 Å². The normalized spacial score (nSPS) is 10.6. The molecule has 0 aliphatic heterocycles. The highest BCUT2D eigenvalue weighted by Crippen LogP contribution is 2.26. The van der Waals surface area contributed by atoms with Crippen molar-refractivity contribution in [2.24, 2.45) is 0 Å². The van der Waals surface area contributed by atoms with Crippen molar-refractivity contribution in [1.29, 1.82) is 0 Å². The van der Waals surface area contributed by atoms with Crippen LogP contribution in [0.2, 0.25) is 0 Å². The van der Waals surface area contributed by atoms with E-state index in [-0.39, 0.29) is 5.75 Å². The first-order valence-corrected chi connectivity index (χ1v) is 6.74. The van der Waals surface area contributed by atoms with Gasteiger partial charge < -0.3 is 5.11 Å². The molecule has 0 atom stereocenters. The van der Waals surface area contributed by atoms with Gasteiger partial charge in [-0.15, -0.1) is 5.10 Å². The molecular weight excluding hydrogens is 246 g/mol. The van der Waals surface area contributed by atoms with E-state index >= 15 is 0 Å². The van der Waals surface area contributed by atoms with E-state index in [9.17, 15) is 5.11 Å². The fourth-order valence-electron chi connectivity index (χ4n) is 1.58. The highest BCUT2D eigenvalue weighted by atomic mass is 32.2. The van der Waals surface area contributed by atoms with Crippen LogP contribution in [-0.2, 0) is 12.8 Å². The van der Waals surface area contributed by atoms with Gasteiger partial charge in [0.2, 0.25) is 5.16 Å². The van der Waals surface area contributed by atoms with Gasteiger partial charge in [-0.1, -0.05) is 13.8 Å². The smallest absolute Gasteiger partial charge is 0.214 e. The van der Waals surface area contributed by atoms with Crippen molar-refractivity contribution >= 4 is 11.8 Å². The molecule has 1 aromatic carbocycles. The number of nitrogens with zero attached hydrogens (tertiary/aromatic N) is 3. The van der Waals surface area contributed by atoms with Gasteiger partial charge in [0.15, 0.2) is 0 Å². The Morgan fingerprint density at radius 2 is 1.67 bits per heavy atom. The number of aromatic hydroxyl groups is 1. The highest BCUT2D eigenvalue weighted by molar-refractivity contribution is 7.99. The van der Waals surface area contributed by atoms with Gasteiger partial charge in [0, 0.05) is 4.90 Å². The minimum absolute atomic E-state index is 0.258. The molecular formula is C13H15N3OS. The SMILES string of the molecule is CCc1nnc(Sc2ccc(O)cc2)nc1CC. The number of hydrogen-bond acceptors (Lipinski definition) is 5. The van der Waals surface area contributed by atoms with Gasteiger partial charge in [0.05, 0.1) is 11.4 Å². The lowest BCUT2D eigenvalue weighted by Gasteiger charge is -2.05. The molecule has 1 aromatic heterocycles. The Labute approximate surface area is 110 Å². The lowest BCUT2D eigenvalue weighted by Crippen LogP contribution is -2.03. The summed E-state index contributed by atoms with van der Waals surface area (Å²) in [7, 11) is 0. The topological polar surface area (TPSA) is 58.9 Å². The van der Waals surface area contributed by atoms with E-state index < -0.39 is 0 Å². The minimum Gasteiger partial charge on any atom is -0.508 e. The Balaban J connectivity index is 2.21. The van der Waals surface area contributed by atoms with Crippen LogP contribution in [-0.4, -0.2) is 20.3 Å². The molecule has 0 saturated heterocycles. The maximum Gasteiger partial charge on any atom is 0.214 e. The molecule has 0 spiro atoms. The van der Waals surface area contributed by atoms with E-state index in [4.69, 9.17) is 0 Å². The summed E-state index contributed by atoms with van der Waals surface area (Å²) >= 11 is 1.45. The van der Waals surface area contributed by atoms with Crippen LogP contribution in [0.15, 0.2) is 34.3 Å². The van der Waals surface area contributed by atoms with Crippen molar-refractivity contribution < 1.29 is 5.11 Å². The number of phenols is 1. The third-order valence-electron chi connectivity index (χ3n) is 2.54. The summed E-state index contributed by atoms with van der Waals surface area (Å²) in [6.45, 7) is 4.12. The van der Waals surface area contributed by atoms with Crippen LogP contribution < -0.4 is 0 Å².